The molecule has 224 valence electrons. The van der Waals surface area contributed by atoms with Gasteiger partial charge in [0.2, 0.25) is 0 Å². The molecule has 0 spiro atoms. The van der Waals surface area contributed by atoms with Gasteiger partial charge in [-0.1, -0.05) is 19.9 Å². The van der Waals surface area contributed by atoms with E-state index < -0.39 is 17.5 Å². The largest absolute Gasteiger partial charge is 0.507 e. The molecule has 0 aliphatic carbocycles. The van der Waals surface area contributed by atoms with Gasteiger partial charge in [-0.25, -0.2) is 0 Å². The lowest BCUT2D eigenvalue weighted by Gasteiger charge is -2.35. The first-order valence-corrected chi connectivity index (χ1v) is 13.9. The minimum atomic E-state index is -4.54. The Balaban J connectivity index is 0.00000441. The molecule has 0 radical (unpaired) electrons. The number of hydrogen-bond donors (Lipinski definition) is 3. The molecule has 0 aromatic heterocycles. The molecule has 3 N–H and O–H groups in total. The maximum atomic E-state index is 13.2. The normalized spacial score (nSPS) is 23.8. The number of ether oxygens (including phenoxy) is 1. The van der Waals surface area contributed by atoms with E-state index in [9.17, 15) is 23.4 Å². The number of nitrogens with one attached hydrogen (secondary N) is 1. The van der Waals surface area contributed by atoms with Crippen LogP contribution in [0.2, 0.25) is 0 Å². The highest BCUT2D eigenvalue weighted by atomic mass is 19.4. The number of phenolic OH excluding ortho intramolecular Hbond substituents is 1. The smallest absolute Gasteiger partial charge is 0.416 e. The fraction of sp³-hybridized carbons (Fsp3) is 0.633. The molecule has 4 rings (SSSR count). The van der Waals surface area contributed by atoms with Crippen molar-refractivity contribution in [2.45, 2.75) is 65.3 Å². The zero-order valence-electron chi connectivity index (χ0n) is 23.2. The minimum Gasteiger partial charge on any atom is -0.507 e. The minimum absolute atomic E-state index is 0. The van der Waals surface area contributed by atoms with Crippen LogP contribution < -0.4 is 5.32 Å². The van der Waals surface area contributed by atoms with Crippen LogP contribution in [-0.2, 0) is 10.9 Å². The van der Waals surface area contributed by atoms with E-state index in [0.717, 1.165) is 93.9 Å². The summed E-state index contributed by atoms with van der Waals surface area (Å²) in [4.78, 5) is 9.19. The van der Waals surface area contributed by atoms with Crippen LogP contribution in [0.25, 0.3) is 0 Å². The summed E-state index contributed by atoms with van der Waals surface area (Å²) in [5, 5.41) is 24.1. The van der Waals surface area contributed by atoms with Crippen LogP contribution in [0, 0.1) is 0 Å². The molecule has 3 aliphatic rings. The Kier molecular flexibility index (Phi) is 11.2. The third-order valence-electron chi connectivity index (χ3n) is 8.04. The van der Waals surface area contributed by atoms with E-state index in [2.05, 4.69) is 34.0 Å². The number of aromatic hydroxyl groups is 1. The summed E-state index contributed by atoms with van der Waals surface area (Å²) in [6.45, 7) is 10.4. The number of alkyl halides is 3. The van der Waals surface area contributed by atoms with Crippen LogP contribution in [0.1, 0.15) is 58.1 Å². The SMILES string of the molecule is C.CC/C(C)=C(\NC1CCCN(CCN2CCC(O)C2)C1)C1=C(C(=NC)c2ccc(C(F)(F)F)cc2O)COC1. The number of hydrogen-bond acceptors (Lipinski definition) is 7. The van der Waals surface area contributed by atoms with Gasteiger partial charge in [-0.3, -0.25) is 9.89 Å². The molecule has 10 heteroatoms. The highest BCUT2D eigenvalue weighted by molar-refractivity contribution is 6.15. The average Bonchev–Trinajstić information content (AvgIpc) is 3.55. The molecular weight excluding hydrogens is 521 g/mol. The number of rotatable bonds is 9. The maximum absolute atomic E-state index is 13.2. The number of halogens is 3. The topological polar surface area (TPSA) is 80.6 Å². The van der Waals surface area contributed by atoms with E-state index >= 15 is 0 Å². The second kappa shape index (κ2) is 14.0. The first kappa shape index (κ1) is 32.1. The lowest BCUT2D eigenvalue weighted by Crippen LogP contribution is -2.47. The molecule has 0 amide bonds. The van der Waals surface area contributed by atoms with E-state index in [-0.39, 0.29) is 31.7 Å². The van der Waals surface area contributed by atoms with Gasteiger partial charge in [0.05, 0.1) is 30.6 Å². The van der Waals surface area contributed by atoms with Crippen LogP contribution in [0.4, 0.5) is 13.2 Å². The second-order valence-electron chi connectivity index (χ2n) is 10.8. The Morgan fingerprint density at radius 1 is 1.10 bits per heavy atom. The molecule has 3 heterocycles. The standard InChI is InChI=1S/C29H41F3N4O3.CH4/c1-4-19(2)27(34-21-6-5-10-35(15-21)12-13-36-11-9-22(37)16-36)24-17-39-18-25(24)28(33-3)23-8-7-20(14-26(23)38)29(30,31)32;/h7-8,14,21-22,34,37-38H,4-6,9-13,15-18H2,1-3H3;1H4/b27-19-,33-28?;. The van der Waals surface area contributed by atoms with Gasteiger partial charge in [0, 0.05) is 68.2 Å². The molecule has 0 bridgehead atoms. The number of piperidine rings is 1. The molecule has 2 saturated heterocycles. The highest BCUT2D eigenvalue weighted by Crippen LogP contribution is 2.35. The van der Waals surface area contributed by atoms with Crippen molar-refractivity contribution in [3.8, 4) is 5.75 Å². The fourth-order valence-electron chi connectivity index (χ4n) is 5.71. The molecule has 40 heavy (non-hydrogen) atoms. The summed E-state index contributed by atoms with van der Waals surface area (Å²) in [7, 11) is 1.58. The van der Waals surface area contributed by atoms with Crippen molar-refractivity contribution in [2.75, 3.05) is 59.5 Å². The lowest BCUT2D eigenvalue weighted by atomic mass is 9.93. The molecule has 1 aromatic carbocycles. The van der Waals surface area contributed by atoms with Crippen LogP contribution in [0.5, 0.6) is 5.75 Å². The summed E-state index contributed by atoms with van der Waals surface area (Å²) >= 11 is 0. The fourth-order valence-corrected chi connectivity index (χ4v) is 5.71. The van der Waals surface area contributed by atoms with E-state index in [4.69, 9.17) is 4.74 Å². The predicted molar refractivity (Wildman–Crippen MR) is 153 cm³/mol. The molecule has 2 unspecified atom stereocenters. The van der Waals surface area contributed by atoms with Crippen LogP contribution in [-0.4, -0.2) is 97.4 Å². The van der Waals surface area contributed by atoms with E-state index in [1.807, 2.05) is 0 Å². The van der Waals surface area contributed by atoms with Crippen molar-refractivity contribution in [3.63, 3.8) is 0 Å². The monoisotopic (exact) mass is 566 g/mol. The Bertz CT molecular complexity index is 1120. The van der Waals surface area contributed by atoms with Crippen LogP contribution in [0.3, 0.4) is 0 Å². The van der Waals surface area contributed by atoms with Gasteiger partial charge in [-0.2, -0.15) is 13.2 Å². The molecule has 3 aliphatic heterocycles. The quantitative estimate of drug-likeness (QED) is 0.380. The van der Waals surface area contributed by atoms with Gasteiger partial charge in [0.25, 0.3) is 0 Å². The number of aliphatic hydroxyl groups is 1. The van der Waals surface area contributed by atoms with E-state index in [0.29, 0.717) is 12.3 Å². The number of aliphatic hydroxyl groups excluding tert-OH is 1. The van der Waals surface area contributed by atoms with Crippen molar-refractivity contribution < 1.29 is 28.1 Å². The molecule has 2 fully saturated rings. The van der Waals surface area contributed by atoms with Crippen molar-refractivity contribution >= 4 is 5.71 Å². The summed E-state index contributed by atoms with van der Waals surface area (Å²) in [5.74, 6) is -0.455. The first-order chi connectivity index (χ1) is 18.6. The molecular formula is C30H45F3N4O3. The third kappa shape index (κ3) is 7.66. The molecule has 7 nitrogen and oxygen atoms in total. The van der Waals surface area contributed by atoms with E-state index in [1.165, 1.54) is 11.6 Å². The van der Waals surface area contributed by atoms with Gasteiger partial charge >= 0.3 is 6.18 Å². The summed E-state index contributed by atoms with van der Waals surface area (Å²) < 4.78 is 45.4. The van der Waals surface area contributed by atoms with Crippen molar-refractivity contribution in [2.24, 2.45) is 4.99 Å². The Morgan fingerprint density at radius 3 is 2.40 bits per heavy atom. The highest BCUT2D eigenvalue weighted by Gasteiger charge is 2.33. The number of nitrogens with zero attached hydrogens (tertiary/aromatic N) is 3. The van der Waals surface area contributed by atoms with Crippen LogP contribution >= 0.6 is 0 Å². The van der Waals surface area contributed by atoms with Gasteiger partial charge in [-0.05, 0) is 57.4 Å². The Morgan fingerprint density at radius 2 is 1.80 bits per heavy atom. The summed E-state index contributed by atoms with van der Waals surface area (Å²) in [6.07, 6.45) is -0.942. The van der Waals surface area contributed by atoms with Gasteiger partial charge < -0.3 is 25.2 Å². The van der Waals surface area contributed by atoms with Crippen molar-refractivity contribution in [1.29, 1.82) is 0 Å². The molecule has 0 saturated carbocycles. The first-order valence-electron chi connectivity index (χ1n) is 13.9. The average molecular weight is 567 g/mol. The number of benzene rings is 1. The van der Waals surface area contributed by atoms with E-state index in [1.54, 1.807) is 7.05 Å². The van der Waals surface area contributed by atoms with Crippen LogP contribution in [0.15, 0.2) is 45.6 Å². The van der Waals surface area contributed by atoms with Gasteiger partial charge in [-0.15, -0.1) is 0 Å². The maximum Gasteiger partial charge on any atom is 0.416 e. The third-order valence-corrected chi connectivity index (χ3v) is 8.04. The Labute approximate surface area is 236 Å². The molecule has 1 aromatic rings. The zero-order chi connectivity index (χ0) is 28.2. The summed E-state index contributed by atoms with van der Waals surface area (Å²) in [5.41, 5.74) is 3.70. The van der Waals surface area contributed by atoms with Crippen molar-refractivity contribution in [3.05, 3.63) is 51.7 Å². The van der Waals surface area contributed by atoms with Gasteiger partial charge in [0.1, 0.15) is 5.75 Å². The second-order valence-corrected chi connectivity index (χ2v) is 10.8. The predicted octanol–water partition coefficient (Wildman–Crippen LogP) is 4.60. The number of likely N-dealkylation sites (tertiary alicyclic amines) is 2. The number of aliphatic imine (C=N–C) groups is 1. The lowest BCUT2D eigenvalue weighted by molar-refractivity contribution is -0.137. The Hall–Kier alpha value is -2.40. The van der Waals surface area contributed by atoms with Gasteiger partial charge in [0.15, 0.2) is 0 Å². The zero-order valence-corrected chi connectivity index (χ0v) is 23.2. The number of β-amino-alcohol motifs (C(OH)–C–C–N with tert-alkyl or cyclic N) is 1. The number of phenols is 1. The number of allylic oxidation sites excluding steroid dienone is 1. The summed E-state index contributed by atoms with van der Waals surface area (Å²) in [6, 6.07) is 3.26. The van der Waals surface area contributed by atoms with Crippen molar-refractivity contribution in [1.82, 2.24) is 15.1 Å². The molecule has 2 atom stereocenters.